The van der Waals surface area contributed by atoms with Gasteiger partial charge in [0.15, 0.2) is 11.0 Å². The van der Waals surface area contributed by atoms with Crippen LogP contribution in [0, 0.1) is 5.92 Å². The molecule has 0 aromatic carbocycles. The molecule has 2 aliphatic heterocycles. The number of anilines is 3. The van der Waals surface area contributed by atoms with Crippen LogP contribution in [0.3, 0.4) is 0 Å². The van der Waals surface area contributed by atoms with Crippen LogP contribution in [0.2, 0.25) is 5.15 Å². The molecule has 2 aromatic rings. The lowest BCUT2D eigenvalue weighted by Gasteiger charge is -2.35. The van der Waals surface area contributed by atoms with Gasteiger partial charge >= 0.3 is 0 Å². The van der Waals surface area contributed by atoms with E-state index >= 15 is 0 Å². The molecular formula is C19H26ClN7O2S. The summed E-state index contributed by atoms with van der Waals surface area (Å²) in [6.45, 7) is 7.04. The summed E-state index contributed by atoms with van der Waals surface area (Å²) >= 11 is 5.83. The normalized spacial score (nSPS) is 19.8. The van der Waals surface area contributed by atoms with E-state index in [-0.39, 0.29) is 18.6 Å². The van der Waals surface area contributed by atoms with Crippen molar-refractivity contribution in [3.8, 4) is 0 Å². The molecule has 4 rings (SSSR count). The predicted octanol–water partition coefficient (Wildman–Crippen LogP) is 1.34. The van der Waals surface area contributed by atoms with E-state index in [0.717, 1.165) is 37.7 Å². The lowest BCUT2D eigenvalue weighted by atomic mass is 10.1. The van der Waals surface area contributed by atoms with Gasteiger partial charge in [0.05, 0.1) is 29.1 Å². The zero-order chi connectivity index (χ0) is 21.3. The van der Waals surface area contributed by atoms with Crippen molar-refractivity contribution in [1.82, 2.24) is 20.2 Å². The van der Waals surface area contributed by atoms with Gasteiger partial charge in [-0.25, -0.2) is 4.98 Å². The van der Waals surface area contributed by atoms with Gasteiger partial charge in [0.25, 0.3) is 0 Å². The number of fused-ring (bicyclic) bond motifs is 1. The fourth-order valence-corrected chi connectivity index (χ4v) is 5.05. The van der Waals surface area contributed by atoms with Crippen LogP contribution >= 0.6 is 11.6 Å². The van der Waals surface area contributed by atoms with Gasteiger partial charge in [-0.15, -0.1) is 10.2 Å². The average molecular weight is 452 g/mol. The number of aliphatic hydroxyl groups is 1. The van der Waals surface area contributed by atoms with Crippen molar-refractivity contribution in [3.05, 3.63) is 23.0 Å². The number of aromatic nitrogens is 4. The highest BCUT2D eigenvalue weighted by atomic mass is 35.5. The van der Waals surface area contributed by atoms with Crippen molar-refractivity contribution < 1.29 is 9.32 Å². The Labute approximate surface area is 183 Å². The molecule has 2 aliphatic rings. The van der Waals surface area contributed by atoms with Crippen LogP contribution in [0.5, 0.6) is 0 Å². The first kappa shape index (κ1) is 21.2. The molecule has 2 aromatic heterocycles. The summed E-state index contributed by atoms with van der Waals surface area (Å²) in [5.41, 5.74) is 0.840. The van der Waals surface area contributed by atoms with Crippen molar-refractivity contribution >= 4 is 40.0 Å². The van der Waals surface area contributed by atoms with E-state index in [4.69, 9.17) is 21.6 Å². The molecular weight excluding hydrogens is 426 g/mol. The zero-order valence-electron chi connectivity index (χ0n) is 17.1. The molecule has 1 saturated heterocycles. The Kier molecular flexibility index (Phi) is 6.35. The van der Waals surface area contributed by atoms with Gasteiger partial charge in [0.1, 0.15) is 10.7 Å². The number of halogens is 1. The molecule has 9 nitrogen and oxygen atoms in total. The zero-order valence-corrected chi connectivity index (χ0v) is 18.7. The summed E-state index contributed by atoms with van der Waals surface area (Å²) < 4.78 is 12.5. The Morgan fingerprint density at radius 1 is 1.17 bits per heavy atom. The van der Waals surface area contributed by atoms with Crippen molar-refractivity contribution in [2.24, 2.45) is 5.92 Å². The maximum Gasteiger partial charge on any atom is 0.227 e. The number of hydrogen-bond donors (Lipinski definition) is 2. The van der Waals surface area contributed by atoms with Crippen molar-refractivity contribution in [1.29, 1.82) is 0 Å². The maximum atomic E-state index is 12.5. The van der Waals surface area contributed by atoms with E-state index in [1.54, 1.807) is 6.07 Å². The lowest BCUT2D eigenvalue weighted by Crippen LogP contribution is -2.47. The molecule has 30 heavy (non-hydrogen) atoms. The molecule has 1 fully saturated rings. The quantitative estimate of drug-likeness (QED) is 0.672. The Morgan fingerprint density at radius 3 is 2.53 bits per heavy atom. The summed E-state index contributed by atoms with van der Waals surface area (Å²) in [7, 11) is -1.11. The number of hydrogen-bond acceptors (Lipinski definition) is 9. The first-order valence-electron chi connectivity index (χ1n) is 10.1. The minimum atomic E-state index is -1.11. The second kappa shape index (κ2) is 8.99. The SMILES string of the molecule is CC(C)C(CO)Nc1nc(N2CCN(c3ccc(Cl)nn3)CC2)nc2c1[S@](=O)CC2. The smallest absolute Gasteiger partial charge is 0.227 e. The van der Waals surface area contributed by atoms with Crippen molar-refractivity contribution in [3.63, 3.8) is 0 Å². The maximum absolute atomic E-state index is 12.5. The minimum absolute atomic E-state index is 0.0147. The first-order valence-corrected chi connectivity index (χ1v) is 11.8. The molecule has 11 heteroatoms. The van der Waals surface area contributed by atoms with Crippen LogP contribution in [0.4, 0.5) is 17.6 Å². The van der Waals surface area contributed by atoms with Crippen LogP contribution < -0.4 is 15.1 Å². The molecule has 162 valence electrons. The molecule has 2 N–H and O–H groups in total. The number of nitrogens with one attached hydrogen (secondary N) is 1. The number of rotatable bonds is 6. The van der Waals surface area contributed by atoms with E-state index in [1.807, 2.05) is 19.9 Å². The van der Waals surface area contributed by atoms with E-state index in [2.05, 4.69) is 25.3 Å². The van der Waals surface area contributed by atoms with E-state index in [0.29, 0.717) is 34.0 Å². The van der Waals surface area contributed by atoms with Crippen molar-refractivity contribution in [2.75, 3.05) is 53.7 Å². The van der Waals surface area contributed by atoms with E-state index in [9.17, 15) is 9.32 Å². The third-order valence-corrected chi connectivity index (χ3v) is 7.16. The molecule has 1 unspecified atom stereocenters. The number of nitrogens with zero attached hydrogens (tertiary/aromatic N) is 6. The highest BCUT2D eigenvalue weighted by Gasteiger charge is 2.29. The van der Waals surface area contributed by atoms with Gasteiger partial charge in [-0.2, -0.15) is 4.98 Å². The highest BCUT2D eigenvalue weighted by molar-refractivity contribution is 7.85. The fraction of sp³-hybridized carbons (Fsp3) is 0.579. The van der Waals surface area contributed by atoms with Crippen LogP contribution in [-0.2, 0) is 17.2 Å². The molecule has 0 radical (unpaired) electrons. The average Bonchev–Trinajstić information content (AvgIpc) is 3.13. The second-order valence-corrected chi connectivity index (χ2v) is 9.71. The van der Waals surface area contributed by atoms with Gasteiger partial charge in [0, 0.05) is 38.4 Å². The topological polar surface area (TPSA) is 107 Å². The predicted molar refractivity (Wildman–Crippen MR) is 118 cm³/mol. The van der Waals surface area contributed by atoms with Gasteiger partial charge in [-0.1, -0.05) is 25.4 Å². The van der Waals surface area contributed by atoms with E-state index < -0.39 is 10.8 Å². The molecule has 0 aliphatic carbocycles. The number of aliphatic hydroxyl groups excluding tert-OH is 1. The third-order valence-electron chi connectivity index (χ3n) is 5.50. The molecule has 4 heterocycles. The van der Waals surface area contributed by atoms with Crippen LogP contribution in [0.25, 0.3) is 0 Å². The monoisotopic (exact) mass is 451 g/mol. The number of piperazine rings is 1. The molecule has 2 atom stereocenters. The van der Waals surface area contributed by atoms with Crippen molar-refractivity contribution in [2.45, 2.75) is 31.2 Å². The highest BCUT2D eigenvalue weighted by Crippen LogP contribution is 2.31. The minimum Gasteiger partial charge on any atom is -0.394 e. The standard InChI is InChI=1S/C19H26ClN7O2S/c1-12(2)14(11-28)21-18-17-13(5-10-30(17)29)22-19(23-18)27-8-6-26(7-9-27)16-4-3-15(20)24-25-16/h3-4,12,14,28H,5-11H2,1-2H3,(H,21,22,23)/t14?,30-/m1/s1. The lowest BCUT2D eigenvalue weighted by molar-refractivity contribution is 0.249. The summed E-state index contributed by atoms with van der Waals surface area (Å²) in [5.74, 6) is 2.80. The third kappa shape index (κ3) is 4.35. The molecule has 0 amide bonds. The Hall–Kier alpha value is -2.04. The Bertz CT molecular complexity index is 920. The van der Waals surface area contributed by atoms with Crippen LogP contribution in [-0.4, -0.2) is 74.1 Å². The van der Waals surface area contributed by atoms with Crippen LogP contribution in [0.1, 0.15) is 19.5 Å². The molecule has 0 saturated carbocycles. The van der Waals surface area contributed by atoms with Gasteiger partial charge in [-0.05, 0) is 18.1 Å². The summed E-state index contributed by atoms with van der Waals surface area (Å²) in [4.78, 5) is 14.4. The summed E-state index contributed by atoms with van der Waals surface area (Å²) in [5, 5.41) is 21.5. The Morgan fingerprint density at radius 2 is 1.90 bits per heavy atom. The first-order chi connectivity index (χ1) is 14.5. The second-order valence-electron chi connectivity index (χ2n) is 7.81. The van der Waals surface area contributed by atoms with Gasteiger partial charge in [-0.3, -0.25) is 4.21 Å². The summed E-state index contributed by atoms with van der Waals surface area (Å²) in [6.07, 6.45) is 0.679. The largest absolute Gasteiger partial charge is 0.394 e. The molecule has 0 spiro atoms. The fourth-order valence-electron chi connectivity index (χ4n) is 3.64. The van der Waals surface area contributed by atoms with E-state index in [1.165, 1.54) is 0 Å². The Balaban J connectivity index is 1.54. The van der Waals surface area contributed by atoms with Gasteiger partial charge in [0.2, 0.25) is 5.95 Å². The molecule has 0 bridgehead atoms. The number of aryl methyl sites for hydroxylation is 1. The van der Waals surface area contributed by atoms with Crippen LogP contribution in [0.15, 0.2) is 17.0 Å². The van der Waals surface area contributed by atoms with Gasteiger partial charge < -0.3 is 20.2 Å². The summed E-state index contributed by atoms with van der Waals surface area (Å²) in [6, 6.07) is 3.45.